The predicted octanol–water partition coefficient (Wildman–Crippen LogP) is 2.09. The van der Waals surface area contributed by atoms with Crippen LogP contribution in [0.3, 0.4) is 0 Å². The number of aliphatic hydroxyl groups excluding tert-OH is 1. The first-order chi connectivity index (χ1) is 5.84. The summed E-state index contributed by atoms with van der Waals surface area (Å²) in [6.45, 7) is 0. The molecule has 0 bridgehead atoms. The molecule has 1 aromatic carbocycles. The van der Waals surface area contributed by atoms with Gasteiger partial charge in [0.2, 0.25) is 0 Å². The second-order valence-corrected chi connectivity index (χ2v) is 2.86. The Morgan fingerprint density at radius 2 is 1.92 bits per heavy atom. The van der Waals surface area contributed by atoms with Crippen LogP contribution in [0.1, 0.15) is 24.5 Å². The third kappa shape index (κ3) is 2.70. The predicted molar refractivity (Wildman–Crippen MR) is 51.2 cm³/mol. The van der Waals surface area contributed by atoms with E-state index in [1.807, 2.05) is 30.3 Å². The van der Waals surface area contributed by atoms with Crippen LogP contribution >= 0.6 is 0 Å². The lowest BCUT2D eigenvalue weighted by Crippen LogP contribution is -1.96. The minimum Gasteiger partial charge on any atom is -0.388 e. The zero-order valence-electron chi connectivity index (χ0n) is 7.11. The maximum absolute atomic E-state index is 9.60. The van der Waals surface area contributed by atoms with Crippen LogP contribution in [0.5, 0.6) is 0 Å². The maximum Gasteiger partial charge on any atom is 0.0789 e. The van der Waals surface area contributed by atoms with Gasteiger partial charge in [-0.1, -0.05) is 43.1 Å². The lowest BCUT2D eigenvalue weighted by molar-refractivity contribution is 0.166. The Morgan fingerprint density at radius 3 is 2.50 bits per heavy atom. The number of rotatable bonds is 4. The summed E-state index contributed by atoms with van der Waals surface area (Å²) in [5, 5.41) is 9.60. The largest absolute Gasteiger partial charge is 0.388 e. The lowest BCUT2D eigenvalue weighted by atomic mass is 9.96. The molecule has 0 aromatic heterocycles. The number of benzene rings is 1. The monoisotopic (exact) mass is 160 g/mol. The average molecular weight is 160 g/mol. The fraction of sp³-hybridized carbons (Fsp3) is 0.400. The quantitative estimate of drug-likeness (QED) is 0.668. The fourth-order valence-electron chi connectivity index (χ4n) is 1.15. The van der Waals surface area contributed by atoms with Crippen LogP contribution in [-0.2, 0) is 0 Å². The Hall–Kier alpha value is -0.755. The summed E-state index contributed by atoms with van der Waals surface area (Å²) in [6.07, 6.45) is 1.91. The highest BCUT2D eigenvalue weighted by Crippen LogP contribution is 2.17. The van der Waals surface area contributed by atoms with Gasteiger partial charge in [-0.15, -0.1) is 0 Å². The summed E-state index contributed by atoms with van der Waals surface area (Å²) in [5.74, 6) is 0. The molecule has 2 heteroatoms. The van der Waals surface area contributed by atoms with Gasteiger partial charge in [0, 0.05) is 0 Å². The van der Waals surface area contributed by atoms with Crippen LogP contribution in [0.25, 0.3) is 0 Å². The Morgan fingerprint density at radius 1 is 1.25 bits per heavy atom. The van der Waals surface area contributed by atoms with Crippen molar-refractivity contribution in [2.24, 2.45) is 0 Å². The van der Waals surface area contributed by atoms with Gasteiger partial charge in [0.25, 0.3) is 0 Å². The van der Waals surface area contributed by atoms with Crippen molar-refractivity contribution in [2.45, 2.75) is 25.3 Å². The first-order valence-electron chi connectivity index (χ1n) is 4.27. The van der Waals surface area contributed by atoms with Crippen molar-refractivity contribution in [3.63, 3.8) is 0 Å². The van der Waals surface area contributed by atoms with Crippen LogP contribution in [0, 0.1) is 0 Å². The molecule has 12 heavy (non-hydrogen) atoms. The number of aliphatic hydroxyl groups is 1. The normalized spacial score (nSPS) is 12.8. The van der Waals surface area contributed by atoms with Crippen LogP contribution < -0.4 is 0 Å². The molecule has 0 spiro atoms. The van der Waals surface area contributed by atoms with E-state index in [2.05, 4.69) is 0 Å². The van der Waals surface area contributed by atoms with Gasteiger partial charge in [0.1, 0.15) is 0 Å². The molecule has 0 aliphatic carbocycles. The second-order valence-electron chi connectivity index (χ2n) is 2.86. The van der Waals surface area contributed by atoms with E-state index in [0.717, 1.165) is 18.4 Å². The number of hydrogen-bond donors (Lipinski definition) is 1. The fourth-order valence-corrected chi connectivity index (χ4v) is 1.15. The summed E-state index contributed by atoms with van der Waals surface area (Å²) in [7, 11) is 5.34. The molecule has 2 radical (unpaired) electrons. The first kappa shape index (κ1) is 9.33. The molecule has 0 heterocycles. The van der Waals surface area contributed by atoms with Gasteiger partial charge in [-0.2, -0.15) is 0 Å². The smallest absolute Gasteiger partial charge is 0.0789 e. The molecule has 0 aliphatic rings. The van der Waals surface area contributed by atoms with E-state index in [-0.39, 0.29) is 6.10 Å². The molecule has 1 aromatic rings. The highest BCUT2D eigenvalue weighted by Gasteiger charge is 2.04. The Labute approximate surface area is 74.8 Å². The minimum atomic E-state index is -0.352. The third-order valence-corrected chi connectivity index (χ3v) is 1.87. The summed E-state index contributed by atoms with van der Waals surface area (Å²) in [4.78, 5) is 0. The molecular formula is C10H13BO. The second kappa shape index (κ2) is 4.99. The van der Waals surface area contributed by atoms with Gasteiger partial charge in [0.05, 0.1) is 14.0 Å². The van der Waals surface area contributed by atoms with Crippen molar-refractivity contribution in [1.82, 2.24) is 0 Å². The Bertz CT molecular complexity index is 210. The van der Waals surface area contributed by atoms with Crippen molar-refractivity contribution in [3.05, 3.63) is 35.9 Å². The van der Waals surface area contributed by atoms with E-state index >= 15 is 0 Å². The van der Waals surface area contributed by atoms with Crippen LogP contribution in [0.4, 0.5) is 0 Å². The molecule has 0 saturated heterocycles. The van der Waals surface area contributed by atoms with Crippen LogP contribution in [0.15, 0.2) is 30.3 Å². The molecule has 1 N–H and O–H groups in total. The van der Waals surface area contributed by atoms with Crippen molar-refractivity contribution in [1.29, 1.82) is 0 Å². The molecule has 1 rings (SSSR count). The highest BCUT2D eigenvalue weighted by molar-refractivity contribution is 6.08. The van der Waals surface area contributed by atoms with Gasteiger partial charge in [-0.05, 0) is 12.0 Å². The maximum atomic E-state index is 9.60. The third-order valence-electron chi connectivity index (χ3n) is 1.87. The average Bonchev–Trinajstić information content (AvgIpc) is 2.15. The highest BCUT2D eigenvalue weighted by atomic mass is 16.3. The number of hydrogen-bond acceptors (Lipinski definition) is 1. The molecule has 0 amide bonds. The van der Waals surface area contributed by atoms with Gasteiger partial charge in [0.15, 0.2) is 0 Å². The molecule has 62 valence electrons. The van der Waals surface area contributed by atoms with Gasteiger partial charge >= 0.3 is 0 Å². The van der Waals surface area contributed by atoms with Gasteiger partial charge in [-0.25, -0.2) is 0 Å². The standard InChI is InChI=1S/C10H13BO/c11-8-4-7-10(12)9-5-2-1-3-6-9/h1-3,5-6,10,12H,4,7-8H2/t10-/m1/s1. The van der Waals surface area contributed by atoms with E-state index < -0.39 is 0 Å². The Kier molecular flexibility index (Phi) is 3.88. The summed E-state index contributed by atoms with van der Waals surface area (Å²) in [5.41, 5.74) is 0.978. The summed E-state index contributed by atoms with van der Waals surface area (Å²) >= 11 is 0. The SMILES string of the molecule is [B]CCC[C@@H](O)c1ccccc1. The molecule has 0 unspecified atom stereocenters. The topological polar surface area (TPSA) is 20.2 Å². The zero-order valence-corrected chi connectivity index (χ0v) is 7.11. The van der Waals surface area contributed by atoms with Crippen molar-refractivity contribution in [2.75, 3.05) is 0 Å². The van der Waals surface area contributed by atoms with E-state index in [4.69, 9.17) is 7.85 Å². The van der Waals surface area contributed by atoms with E-state index in [0.29, 0.717) is 6.32 Å². The molecule has 1 atom stereocenters. The molecular weight excluding hydrogens is 147 g/mol. The van der Waals surface area contributed by atoms with Crippen LogP contribution in [-0.4, -0.2) is 13.0 Å². The van der Waals surface area contributed by atoms with Crippen molar-refractivity contribution < 1.29 is 5.11 Å². The molecule has 0 fully saturated rings. The molecule has 0 aliphatic heterocycles. The molecule has 0 saturated carbocycles. The van der Waals surface area contributed by atoms with Crippen LogP contribution in [0.2, 0.25) is 6.32 Å². The summed E-state index contributed by atoms with van der Waals surface area (Å²) < 4.78 is 0. The van der Waals surface area contributed by atoms with Crippen molar-refractivity contribution >= 4 is 7.85 Å². The van der Waals surface area contributed by atoms with Crippen molar-refractivity contribution in [3.8, 4) is 0 Å². The van der Waals surface area contributed by atoms with E-state index in [1.165, 1.54) is 0 Å². The van der Waals surface area contributed by atoms with Gasteiger partial charge in [-0.3, -0.25) is 0 Å². The summed E-state index contributed by atoms with van der Waals surface area (Å²) in [6, 6.07) is 9.67. The van der Waals surface area contributed by atoms with Gasteiger partial charge < -0.3 is 5.11 Å². The van der Waals surface area contributed by atoms with E-state index in [1.54, 1.807) is 0 Å². The van der Waals surface area contributed by atoms with E-state index in [9.17, 15) is 5.11 Å². The minimum absolute atomic E-state index is 0.352. The lowest BCUT2D eigenvalue weighted by Gasteiger charge is -2.09. The zero-order chi connectivity index (χ0) is 8.81. The Balaban J connectivity index is 2.48. The molecule has 1 nitrogen and oxygen atoms in total. The first-order valence-corrected chi connectivity index (χ1v) is 4.27.